The van der Waals surface area contributed by atoms with Gasteiger partial charge in [0.25, 0.3) is 0 Å². The molecule has 2 saturated carbocycles. The predicted octanol–water partition coefficient (Wildman–Crippen LogP) is 6.21. The Morgan fingerprint density at radius 1 is 1.12 bits per heavy atom. The molecule has 0 saturated heterocycles. The number of benzene rings is 1. The van der Waals surface area contributed by atoms with Crippen molar-refractivity contribution >= 4 is 0 Å². The molecule has 0 spiro atoms. The summed E-state index contributed by atoms with van der Waals surface area (Å²) in [5.74, 6) is 3.23. The molecule has 1 N–H and O–H groups in total. The van der Waals surface area contributed by atoms with Gasteiger partial charge < -0.3 is 9.84 Å². The highest BCUT2D eigenvalue weighted by atomic mass is 16.5. The van der Waals surface area contributed by atoms with Crippen molar-refractivity contribution < 1.29 is 9.84 Å². The van der Waals surface area contributed by atoms with Gasteiger partial charge in [-0.25, -0.2) is 0 Å². The van der Waals surface area contributed by atoms with Crippen molar-refractivity contribution in [2.45, 2.75) is 90.6 Å². The second kappa shape index (κ2) is 5.93. The number of ether oxygens (including phenoxy) is 1. The largest absolute Gasteiger partial charge is 0.508 e. The molecule has 1 aromatic rings. The molecule has 0 unspecified atom stereocenters. The van der Waals surface area contributed by atoms with E-state index in [0.29, 0.717) is 17.6 Å². The maximum atomic E-state index is 10.8. The Labute approximate surface area is 153 Å². The minimum absolute atomic E-state index is 0.0238. The van der Waals surface area contributed by atoms with Crippen molar-refractivity contribution in [3.05, 3.63) is 23.3 Å². The molecule has 3 aliphatic rings. The number of fused-ring (bicyclic) bond motifs is 2. The van der Waals surface area contributed by atoms with Gasteiger partial charge in [-0.15, -0.1) is 0 Å². The van der Waals surface area contributed by atoms with Crippen molar-refractivity contribution in [1.29, 1.82) is 0 Å². The van der Waals surface area contributed by atoms with Gasteiger partial charge in [0.1, 0.15) is 17.1 Å². The standard InChI is InChI=1S/C23H34O2/c1-5-6-7-8-9-10-15-13-17(24)19-18(14-15)25-23(4)12-11-16-20(23)21(19)22(16,2)3/h13-14,16,20-21,24H,5-12H2,1-4H3/t16-,20+,21+,23+/m0/s1. The summed E-state index contributed by atoms with van der Waals surface area (Å²) in [4.78, 5) is 0. The number of rotatable bonds is 6. The number of aromatic hydroxyl groups is 1. The third-order valence-electron chi connectivity index (χ3n) is 7.61. The fourth-order valence-corrected chi connectivity index (χ4v) is 6.27. The van der Waals surface area contributed by atoms with Gasteiger partial charge in [0.2, 0.25) is 0 Å². The van der Waals surface area contributed by atoms with E-state index in [1.807, 2.05) is 6.07 Å². The fourth-order valence-electron chi connectivity index (χ4n) is 6.27. The molecule has 25 heavy (non-hydrogen) atoms. The van der Waals surface area contributed by atoms with E-state index in [1.54, 1.807) is 0 Å². The zero-order valence-corrected chi connectivity index (χ0v) is 16.4. The lowest BCUT2D eigenvalue weighted by Crippen LogP contribution is -2.59. The van der Waals surface area contributed by atoms with Crippen LogP contribution in [0.2, 0.25) is 0 Å². The van der Waals surface area contributed by atoms with E-state index in [1.165, 1.54) is 44.1 Å². The lowest BCUT2D eigenvalue weighted by Gasteiger charge is -2.62. The first-order valence-corrected chi connectivity index (χ1v) is 10.4. The van der Waals surface area contributed by atoms with Crippen molar-refractivity contribution in [2.24, 2.45) is 17.3 Å². The highest BCUT2D eigenvalue weighted by Gasteiger charge is 2.69. The topological polar surface area (TPSA) is 29.5 Å². The van der Waals surface area contributed by atoms with Crippen LogP contribution in [0.5, 0.6) is 11.5 Å². The monoisotopic (exact) mass is 342 g/mol. The zero-order chi connectivity index (χ0) is 17.8. The van der Waals surface area contributed by atoms with Gasteiger partial charge in [-0.1, -0.05) is 46.5 Å². The highest BCUT2D eigenvalue weighted by Crippen LogP contribution is 2.74. The first kappa shape index (κ1) is 17.2. The van der Waals surface area contributed by atoms with Gasteiger partial charge in [0, 0.05) is 17.4 Å². The molecule has 1 aromatic carbocycles. The normalized spacial score (nSPS) is 34.0. The van der Waals surface area contributed by atoms with Crippen LogP contribution in [-0.4, -0.2) is 10.7 Å². The van der Waals surface area contributed by atoms with E-state index < -0.39 is 0 Å². The maximum absolute atomic E-state index is 10.8. The summed E-state index contributed by atoms with van der Waals surface area (Å²) in [6.07, 6.45) is 9.89. The quantitative estimate of drug-likeness (QED) is 0.623. The van der Waals surface area contributed by atoms with Crippen molar-refractivity contribution in [3.63, 3.8) is 0 Å². The van der Waals surface area contributed by atoms with Gasteiger partial charge in [0.05, 0.1) is 0 Å². The highest BCUT2D eigenvalue weighted by molar-refractivity contribution is 5.55. The van der Waals surface area contributed by atoms with Crippen LogP contribution in [0.25, 0.3) is 0 Å². The third-order valence-corrected chi connectivity index (χ3v) is 7.61. The molecule has 0 radical (unpaired) electrons. The molecule has 4 atom stereocenters. The minimum atomic E-state index is -0.0238. The number of aryl methyl sites for hydroxylation is 1. The Morgan fingerprint density at radius 3 is 2.64 bits per heavy atom. The maximum Gasteiger partial charge on any atom is 0.127 e. The van der Waals surface area contributed by atoms with Crippen LogP contribution >= 0.6 is 0 Å². The molecular formula is C23H34O2. The van der Waals surface area contributed by atoms with Crippen molar-refractivity contribution in [1.82, 2.24) is 0 Å². The smallest absolute Gasteiger partial charge is 0.127 e. The summed E-state index contributed by atoms with van der Waals surface area (Å²) in [7, 11) is 0. The van der Waals surface area contributed by atoms with Crippen LogP contribution in [0.4, 0.5) is 0 Å². The first-order valence-electron chi connectivity index (χ1n) is 10.4. The summed E-state index contributed by atoms with van der Waals surface area (Å²) in [5, 5.41) is 10.8. The van der Waals surface area contributed by atoms with Crippen LogP contribution in [0.3, 0.4) is 0 Å². The average Bonchev–Trinajstić information content (AvgIpc) is 2.88. The van der Waals surface area contributed by atoms with E-state index in [9.17, 15) is 5.11 Å². The molecule has 2 fully saturated rings. The second-order valence-corrected chi connectivity index (χ2v) is 9.58. The molecule has 0 bridgehead atoms. The van der Waals surface area contributed by atoms with Gasteiger partial charge in [-0.05, 0) is 61.6 Å². The molecule has 2 nitrogen and oxygen atoms in total. The molecule has 1 aliphatic heterocycles. The van der Waals surface area contributed by atoms with Gasteiger partial charge in [-0.3, -0.25) is 0 Å². The number of hydrogen-bond acceptors (Lipinski definition) is 2. The zero-order valence-electron chi connectivity index (χ0n) is 16.4. The van der Waals surface area contributed by atoms with Crippen LogP contribution < -0.4 is 4.74 Å². The molecule has 2 heteroatoms. The Bertz CT molecular complexity index is 662. The minimum Gasteiger partial charge on any atom is -0.508 e. The van der Waals surface area contributed by atoms with Crippen molar-refractivity contribution in [3.8, 4) is 11.5 Å². The van der Waals surface area contributed by atoms with Gasteiger partial charge in [-0.2, -0.15) is 0 Å². The molecule has 0 aromatic heterocycles. The Kier molecular flexibility index (Phi) is 4.09. The summed E-state index contributed by atoms with van der Waals surface area (Å²) < 4.78 is 6.54. The number of unbranched alkanes of at least 4 members (excludes halogenated alkanes) is 4. The van der Waals surface area contributed by atoms with Crippen LogP contribution in [0, 0.1) is 17.3 Å². The summed E-state index contributed by atoms with van der Waals surface area (Å²) in [6.45, 7) is 9.33. The van der Waals surface area contributed by atoms with Gasteiger partial charge >= 0.3 is 0 Å². The van der Waals surface area contributed by atoms with E-state index in [0.717, 1.165) is 30.1 Å². The third kappa shape index (κ3) is 2.51. The van der Waals surface area contributed by atoms with Gasteiger partial charge in [0.15, 0.2) is 0 Å². The second-order valence-electron chi connectivity index (χ2n) is 9.58. The fraction of sp³-hybridized carbons (Fsp3) is 0.739. The summed E-state index contributed by atoms with van der Waals surface area (Å²) in [6, 6.07) is 4.25. The molecule has 1 heterocycles. The van der Waals surface area contributed by atoms with Crippen LogP contribution in [-0.2, 0) is 6.42 Å². The molecule has 0 amide bonds. The Morgan fingerprint density at radius 2 is 1.88 bits per heavy atom. The molecule has 138 valence electrons. The van der Waals surface area contributed by atoms with E-state index in [2.05, 4.69) is 33.8 Å². The van der Waals surface area contributed by atoms with Crippen molar-refractivity contribution in [2.75, 3.05) is 0 Å². The summed E-state index contributed by atoms with van der Waals surface area (Å²) >= 11 is 0. The lowest BCUT2D eigenvalue weighted by molar-refractivity contribution is -0.121. The molecular weight excluding hydrogens is 308 g/mol. The van der Waals surface area contributed by atoms with E-state index in [4.69, 9.17) is 4.74 Å². The SMILES string of the molecule is CCCCCCCc1cc(O)c2c(c1)O[C@]1(C)CC[C@H]3[C@@H]1[C@@H]2C3(C)C. The average molecular weight is 343 g/mol. The van der Waals surface area contributed by atoms with Crippen LogP contribution in [0.1, 0.15) is 89.7 Å². The molecule has 4 rings (SSSR count). The molecule has 2 aliphatic carbocycles. The lowest BCUT2D eigenvalue weighted by atomic mass is 9.45. The summed E-state index contributed by atoms with van der Waals surface area (Å²) in [5.41, 5.74) is 2.59. The predicted molar refractivity (Wildman–Crippen MR) is 102 cm³/mol. The number of phenolic OH excluding ortho intramolecular Hbond substituents is 1. The number of hydrogen-bond donors (Lipinski definition) is 1. The Hall–Kier alpha value is -1.18. The first-order chi connectivity index (χ1) is 11.9. The van der Waals surface area contributed by atoms with Crippen LogP contribution in [0.15, 0.2) is 12.1 Å². The van der Waals surface area contributed by atoms with E-state index in [-0.39, 0.29) is 11.0 Å². The number of phenols is 1. The Balaban J connectivity index is 1.58. The van der Waals surface area contributed by atoms with E-state index >= 15 is 0 Å².